The van der Waals surface area contributed by atoms with E-state index in [9.17, 15) is 14.9 Å². The van der Waals surface area contributed by atoms with Crippen molar-refractivity contribution in [3.63, 3.8) is 0 Å². The summed E-state index contributed by atoms with van der Waals surface area (Å²) >= 11 is 0. The van der Waals surface area contributed by atoms with Crippen molar-refractivity contribution in [2.45, 2.75) is 51.5 Å². The number of amides is 1. The van der Waals surface area contributed by atoms with Crippen LogP contribution < -0.4 is 10.2 Å². The molecule has 1 unspecified atom stereocenters. The average molecular weight is 343 g/mol. The topological polar surface area (TPSA) is 75.5 Å². The first kappa shape index (κ1) is 17.5. The van der Waals surface area contributed by atoms with Crippen LogP contribution in [-0.2, 0) is 11.2 Å². The van der Waals surface area contributed by atoms with Crippen LogP contribution >= 0.6 is 0 Å². The molecule has 6 heteroatoms. The van der Waals surface area contributed by atoms with Gasteiger partial charge in [0.2, 0.25) is 5.91 Å². The maximum absolute atomic E-state index is 12.3. The molecule has 3 rings (SSSR count). The number of nitrogens with zero attached hydrogens (tertiary/aromatic N) is 2. The van der Waals surface area contributed by atoms with E-state index in [4.69, 9.17) is 0 Å². The lowest BCUT2D eigenvalue weighted by molar-refractivity contribution is -0.384. The van der Waals surface area contributed by atoms with Crippen LogP contribution in [0.25, 0.3) is 0 Å². The fourth-order valence-corrected chi connectivity index (χ4v) is 3.74. The highest BCUT2D eigenvalue weighted by Gasteiger charge is 2.28. The molecule has 1 aromatic rings. The molecule has 1 aliphatic heterocycles. The molecular formula is C19H25N3O3. The van der Waals surface area contributed by atoms with Crippen molar-refractivity contribution in [1.82, 2.24) is 5.32 Å². The second kappa shape index (κ2) is 7.68. The third-order valence-corrected chi connectivity index (χ3v) is 5.10. The third kappa shape index (κ3) is 4.18. The van der Waals surface area contributed by atoms with E-state index in [0.29, 0.717) is 13.1 Å². The Kier molecular flexibility index (Phi) is 5.36. The van der Waals surface area contributed by atoms with E-state index in [1.54, 1.807) is 12.1 Å². The minimum absolute atomic E-state index is 0.00876. The maximum Gasteiger partial charge on any atom is 0.269 e. The van der Waals surface area contributed by atoms with Gasteiger partial charge in [0.25, 0.3) is 5.69 Å². The number of non-ortho nitro benzene ring substituents is 1. The molecule has 0 spiro atoms. The van der Waals surface area contributed by atoms with Crippen LogP contribution in [0.4, 0.5) is 11.4 Å². The van der Waals surface area contributed by atoms with E-state index in [1.807, 2.05) is 11.8 Å². The van der Waals surface area contributed by atoms with Gasteiger partial charge in [-0.25, -0.2) is 0 Å². The highest BCUT2D eigenvalue weighted by atomic mass is 16.6. The van der Waals surface area contributed by atoms with Gasteiger partial charge in [-0.3, -0.25) is 14.9 Å². The lowest BCUT2D eigenvalue weighted by Crippen LogP contribution is -2.40. The number of allylic oxidation sites excluding steroid dienone is 1. The summed E-state index contributed by atoms with van der Waals surface area (Å²) in [6.07, 6.45) is 8.83. The van der Waals surface area contributed by atoms with Crippen LogP contribution in [-0.4, -0.2) is 30.0 Å². The van der Waals surface area contributed by atoms with Crippen LogP contribution in [0, 0.1) is 10.1 Å². The Morgan fingerprint density at radius 1 is 1.40 bits per heavy atom. The zero-order valence-corrected chi connectivity index (χ0v) is 14.7. The van der Waals surface area contributed by atoms with Crippen molar-refractivity contribution in [3.05, 3.63) is 45.5 Å². The second-order valence-electron chi connectivity index (χ2n) is 6.96. The molecule has 1 aliphatic carbocycles. The van der Waals surface area contributed by atoms with E-state index in [1.165, 1.54) is 24.5 Å². The first-order valence-corrected chi connectivity index (χ1v) is 9.03. The fraction of sp³-hybridized carbons (Fsp3) is 0.526. The van der Waals surface area contributed by atoms with Gasteiger partial charge in [-0.05, 0) is 57.1 Å². The Hall–Kier alpha value is -2.37. The molecule has 0 fully saturated rings. The van der Waals surface area contributed by atoms with Gasteiger partial charge in [-0.2, -0.15) is 0 Å². The normalized spacial score (nSPS) is 19.3. The van der Waals surface area contributed by atoms with Crippen molar-refractivity contribution < 1.29 is 9.72 Å². The van der Waals surface area contributed by atoms with E-state index < -0.39 is 0 Å². The van der Waals surface area contributed by atoms with Gasteiger partial charge in [0, 0.05) is 30.4 Å². The molecule has 0 radical (unpaired) electrons. The summed E-state index contributed by atoms with van der Waals surface area (Å²) < 4.78 is 0. The third-order valence-electron chi connectivity index (χ3n) is 5.10. The van der Waals surface area contributed by atoms with Gasteiger partial charge in [0.15, 0.2) is 0 Å². The maximum atomic E-state index is 12.3. The standard InChI is InChI=1S/C19H25N3O3/c1-14-11-16-12-17(22(24)25)7-8-18(16)21(14)13-19(23)20-10-9-15-5-3-2-4-6-15/h5,7-8,12,14H,2-4,6,9-11,13H2,1H3,(H,20,23). The number of nitrogens with one attached hydrogen (secondary N) is 1. The smallest absolute Gasteiger partial charge is 0.269 e. The molecule has 1 atom stereocenters. The lowest BCUT2D eigenvalue weighted by atomic mass is 9.97. The summed E-state index contributed by atoms with van der Waals surface area (Å²) in [4.78, 5) is 24.9. The van der Waals surface area contributed by atoms with Gasteiger partial charge >= 0.3 is 0 Å². The van der Waals surface area contributed by atoms with Crippen LogP contribution in [0.1, 0.15) is 44.6 Å². The largest absolute Gasteiger partial charge is 0.359 e. The quantitative estimate of drug-likeness (QED) is 0.488. The number of carbonyl (C=O) groups is 1. The summed E-state index contributed by atoms with van der Waals surface area (Å²) in [7, 11) is 0. The van der Waals surface area contributed by atoms with E-state index in [0.717, 1.165) is 36.9 Å². The number of nitro benzene ring substituents is 1. The minimum atomic E-state index is -0.375. The van der Waals surface area contributed by atoms with E-state index >= 15 is 0 Å². The second-order valence-corrected chi connectivity index (χ2v) is 6.96. The van der Waals surface area contributed by atoms with Crippen molar-refractivity contribution in [1.29, 1.82) is 0 Å². The summed E-state index contributed by atoms with van der Waals surface area (Å²) in [5.41, 5.74) is 3.45. The predicted molar refractivity (Wildman–Crippen MR) is 97.8 cm³/mol. The molecule has 2 aliphatic rings. The fourth-order valence-electron chi connectivity index (χ4n) is 3.74. The Morgan fingerprint density at radius 3 is 2.96 bits per heavy atom. The molecule has 6 nitrogen and oxygen atoms in total. The van der Waals surface area contributed by atoms with Gasteiger partial charge in [0.1, 0.15) is 0 Å². The molecule has 1 N–H and O–H groups in total. The highest BCUT2D eigenvalue weighted by Crippen LogP contribution is 2.34. The molecule has 1 aromatic carbocycles. The summed E-state index contributed by atoms with van der Waals surface area (Å²) in [6.45, 7) is 3.02. The highest BCUT2D eigenvalue weighted by molar-refractivity contribution is 5.82. The number of benzene rings is 1. The Bertz CT molecular complexity index is 699. The number of rotatable bonds is 6. The number of fused-ring (bicyclic) bond motifs is 1. The lowest BCUT2D eigenvalue weighted by Gasteiger charge is -2.24. The summed E-state index contributed by atoms with van der Waals surface area (Å²) in [5.74, 6) is 0.00876. The molecule has 0 saturated heterocycles. The van der Waals surface area contributed by atoms with Crippen LogP contribution in [0.3, 0.4) is 0 Å². The van der Waals surface area contributed by atoms with Gasteiger partial charge in [-0.15, -0.1) is 0 Å². The zero-order chi connectivity index (χ0) is 17.8. The number of anilines is 1. The summed E-state index contributed by atoms with van der Waals surface area (Å²) in [5, 5.41) is 13.9. The zero-order valence-electron chi connectivity index (χ0n) is 14.7. The van der Waals surface area contributed by atoms with Crippen molar-refractivity contribution in [3.8, 4) is 0 Å². The number of carbonyl (C=O) groups excluding carboxylic acids is 1. The van der Waals surface area contributed by atoms with Crippen molar-refractivity contribution >= 4 is 17.3 Å². The molecule has 0 bridgehead atoms. The number of nitro groups is 1. The Labute approximate surface area is 148 Å². The molecule has 25 heavy (non-hydrogen) atoms. The molecule has 0 aromatic heterocycles. The molecule has 134 valence electrons. The monoisotopic (exact) mass is 343 g/mol. The Balaban J connectivity index is 1.55. The minimum Gasteiger partial charge on any atom is -0.359 e. The van der Waals surface area contributed by atoms with Crippen LogP contribution in [0.5, 0.6) is 0 Å². The predicted octanol–water partition coefficient (Wildman–Crippen LogP) is 3.35. The summed E-state index contributed by atoms with van der Waals surface area (Å²) in [6, 6.07) is 5.07. The molecule has 1 amide bonds. The Morgan fingerprint density at radius 2 is 2.24 bits per heavy atom. The van der Waals surface area contributed by atoms with Gasteiger partial charge in [-0.1, -0.05) is 11.6 Å². The molecule has 1 heterocycles. The number of hydrogen-bond donors (Lipinski definition) is 1. The molecule has 0 saturated carbocycles. The average Bonchev–Trinajstić information content (AvgIpc) is 2.90. The SMILES string of the molecule is CC1Cc2cc([N+](=O)[O-])ccc2N1CC(=O)NCCC1=CCCCC1. The van der Waals surface area contributed by atoms with Crippen LogP contribution in [0.15, 0.2) is 29.8 Å². The van der Waals surface area contributed by atoms with Gasteiger partial charge < -0.3 is 10.2 Å². The van der Waals surface area contributed by atoms with Crippen molar-refractivity contribution in [2.75, 3.05) is 18.0 Å². The van der Waals surface area contributed by atoms with E-state index in [-0.39, 0.29) is 22.6 Å². The van der Waals surface area contributed by atoms with E-state index in [2.05, 4.69) is 11.4 Å². The van der Waals surface area contributed by atoms with Crippen LogP contribution in [0.2, 0.25) is 0 Å². The first-order chi connectivity index (χ1) is 12.0. The van der Waals surface area contributed by atoms with Crippen molar-refractivity contribution in [2.24, 2.45) is 0 Å². The molecular weight excluding hydrogens is 318 g/mol. The number of hydrogen-bond acceptors (Lipinski definition) is 4. The van der Waals surface area contributed by atoms with Gasteiger partial charge in [0.05, 0.1) is 11.5 Å². The first-order valence-electron chi connectivity index (χ1n) is 9.03.